The van der Waals surface area contributed by atoms with Gasteiger partial charge in [0.25, 0.3) is 5.91 Å². The highest BCUT2D eigenvalue weighted by atomic mass is 79.9. The molecule has 2 nitrogen and oxygen atoms in total. The average molecular weight is 320 g/mol. The van der Waals surface area contributed by atoms with E-state index in [9.17, 15) is 13.6 Å². The zero-order valence-electron chi connectivity index (χ0n) is 10.6. The number of benzene rings is 1. The quantitative estimate of drug-likeness (QED) is 0.845. The van der Waals surface area contributed by atoms with Gasteiger partial charge in [-0.2, -0.15) is 0 Å². The summed E-state index contributed by atoms with van der Waals surface area (Å²) in [5.41, 5.74) is -0.257. The number of halogens is 3. The predicted octanol–water partition coefficient (Wildman–Crippen LogP) is 3.57. The van der Waals surface area contributed by atoms with Gasteiger partial charge in [0.05, 0.1) is 0 Å². The zero-order chi connectivity index (χ0) is 13.9. The van der Waals surface area contributed by atoms with Gasteiger partial charge in [0.1, 0.15) is 17.2 Å². The Morgan fingerprint density at radius 2 is 2.00 bits per heavy atom. The number of alkyl halides is 1. The molecule has 1 aromatic rings. The maximum Gasteiger partial charge on any atom is 0.257 e. The normalized spacial score (nSPS) is 14.1. The molecule has 2 unspecified atom stereocenters. The van der Waals surface area contributed by atoms with Crippen molar-refractivity contribution in [2.45, 2.75) is 38.1 Å². The van der Waals surface area contributed by atoms with E-state index in [1.165, 1.54) is 13.0 Å². The lowest BCUT2D eigenvalue weighted by molar-refractivity contribution is 0.0930. The van der Waals surface area contributed by atoms with Crippen LogP contribution in [0.5, 0.6) is 0 Å². The smallest absolute Gasteiger partial charge is 0.257 e. The number of nitrogens with one attached hydrogen (secondary N) is 1. The monoisotopic (exact) mass is 319 g/mol. The Morgan fingerprint density at radius 1 is 1.39 bits per heavy atom. The van der Waals surface area contributed by atoms with Crippen LogP contribution in [-0.2, 0) is 0 Å². The fourth-order valence-electron chi connectivity index (χ4n) is 1.71. The van der Waals surface area contributed by atoms with Gasteiger partial charge in [-0.25, -0.2) is 8.78 Å². The van der Waals surface area contributed by atoms with Crippen molar-refractivity contribution in [3.05, 3.63) is 34.9 Å². The van der Waals surface area contributed by atoms with Crippen LogP contribution in [0.2, 0.25) is 0 Å². The number of carbonyl (C=O) groups excluding carboxylic acids is 1. The Bertz CT molecular complexity index is 449. The van der Waals surface area contributed by atoms with Gasteiger partial charge in [-0.3, -0.25) is 4.79 Å². The molecule has 18 heavy (non-hydrogen) atoms. The van der Waals surface area contributed by atoms with Crippen LogP contribution in [0.1, 0.15) is 36.2 Å². The lowest BCUT2D eigenvalue weighted by Crippen LogP contribution is -2.35. The summed E-state index contributed by atoms with van der Waals surface area (Å²) in [6.45, 7) is 5.23. The van der Waals surface area contributed by atoms with E-state index in [-0.39, 0.29) is 16.4 Å². The van der Waals surface area contributed by atoms with E-state index in [1.807, 2.05) is 6.92 Å². The van der Waals surface area contributed by atoms with Gasteiger partial charge in [-0.15, -0.1) is 0 Å². The molecule has 0 spiro atoms. The largest absolute Gasteiger partial charge is 0.349 e. The van der Waals surface area contributed by atoms with Crippen LogP contribution in [0.4, 0.5) is 8.78 Å². The van der Waals surface area contributed by atoms with E-state index in [0.29, 0.717) is 6.42 Å². The minimum absolute atomic E-state index is 0.161. The number of rotatable bonds is 4. The maximum atomic E-state index is 13.7. The van der Waals surface area contributed by atoms with Crippen LogP contribution >= 0.6 is 15.9 Å². The van der Waals surface area contributed by atoms with Crippen molar-refractivity contribution in [2.75, 3.05) is 0 Å². The molecule has 0 radical (unpaired) electrons. The highest BCUT2D eigenvalue weighted by Gasteiger charge is 2.20. The molecule has 0 aliphatic carbocycles. The number of hydrogen-bond donors (Lipinski definition) is 1. The Hall–Kier alpha value is -0.970. The summed E-state index contributed by atoms with van der Waals surface area (Å²) in [4.78, 5) is 12.0. The van der Waals surface area contributed by atoms with Crippen molar-refractivity contribution in [1.29, 1.82) is 0 Å². The molecule has 100 valence electrons. The third-order valence-electron chi connectivity index (χ3n) is 2.57. The molecule has 0 saturated heterocycles. The minimum Gasteiger partial charge on any atom is -0.349 e. The molecule has 0 saturated carbocycles. The summed E-state index contributed by atoms with van der Waals surface area (Å²) in [6.07, 6.45) is 0.681. The third kappa shape index (κ3) is 3.77. The first kappa shape index (κ1) is 15.1. The van der Waals surface area contributed by atoms with Crippen LogP contribution < -0.4 is 5.32 Å². The molecule has 1 aromatic carbocycles. The highest BCUT2D eigenvalue weighted by molar-refractivity contribution is 9.09. The maximum absolute atomic E-state index is 13.7. The summed E-state index contributed by atoms with van der Waals surface area (Å²) < 4.78 is 27.2. The second kappa shape index (κ2) is 6.27. The van der Waals surface area contributed by atoms with E-state index in [0.717, 1.165) is 6.07 Å². The average Bonchev–Trinajstić information content (AvgIpc) is 2.22. The Morgan fingerprint density at radius 3 is 2.56 bits per heavy atom. The van der Waals surface area contributed by atoms with Gasteiger partial charge >= 0.3 is 0 Å². The molecule has 2 atom stereocenters. The standard InChI is InChI=1S/C13H16BrF2NO/c1-7-4-5-10(15)11(12(7)16)13(18)17-9(3)6-8(2)14/h4-5,8-9H,6H2,1-3H3,(H,17,18). The summed E-state index contributed by atoms with van der Waals surface area (Å²) in [5.74, 6) is -2.35. The molecular weight excluding hydrogens is 304 g/mol. The van der Waals surface area contributed by atoms with E-state index in [4.69, 9.17) is 0 Å². The van der Waals surface area contributed by atoms with Crippen LogP contribution in [0.25, 0.3) is 0 Å². The van der Waals surface area contributed by atoms with E-state index in [1.54, 1.807) is 6.92 Å². The summed E-state index contributed by atoms with van der Waals surface area (Å²) in [7, 11) is 0. The molecule has 0 bridgehead atoms. The lowest BCUT2D eigenvalue weighted by Gasteiger charge is -2.16. The number of hydrogen-bond acceptors (Lipinski definition) is 1. The van der Waals surface area contributed by atoms with Gasteiger partial charge in [-0.1, -0.05) is 28.9 Å². The lowest BCUT2D eigenvalue weighted by atomic mass is 10.1. The Kier molecular flexibility index (Phi) is 5.26. The second-order valence-corrected chi connectivity index (χ2v) is 6.01. The molecule has 1 rings (SSSR count). The number of amides is 1. The molecule has 1 N–H and O–H groups in total. The van der Waals surface area contributed by atoms with Crippen LogP contribution in [0.15, 0.2) is 12.1 Å². The van der Waals surface area contributed by atoms with Crippen molar-refractivity contribution in [3.63, 3.8) is 0 Å². The van der Waals surface area contributed by atoms with Crippen LogP contribution in [-0.4, -0.2) is 16.8 Å². The van der Waals surface area contributed by atoms with Crippen LogP contribution in [0, 0.1) is 18.6 Å². The van der Waals surface area contributed by atoms with E-state index < -0.39 is 23.1 Å². The van der Waals surface area contributed by atoms with Crippen molar-refractivity contribution in [3.8, 4) is 0 Å². The van der Waals surface area contributed by atoms with Gasteiger partial charge in [-0.05, 0) is 31.9 Å². The van der Waals surface area contributed by atoms with Crippen molar-refractivity contribution in [1.82, 2.24) is 5.32 Å². The predicted molar refractivity (Wildman–Crippen MR) is 71.0 cm³/mol. The third-order valence-corrected chi connectivity index (χ3v) is 2.94. The summed E-state index contributed by atoms with van der Waals surface area (Å²) in [6, 6.07) is 2.25. The molecule has 0 aromatic heterocycles. The molecule has 0 heterocycles. The van der Waals surface area contributed by atoms with Gasteiger partial charge in [0.15, 0.2) is 0 Å². The first-order valence-electron chi connectivity index (χ1n) is 5.72. The molecule has 0 fully saturated rings. The van der Waals surface area contributed by atoms with Crippen LogP contribution in [0.3, 0.4) is 0 Å². The van der Waals surface area contributed by atoms with Crippen molar-refractivity contribution < 1.29 is 13.6 Å². The molecule has 1 amide bonds. The Labute approximate surface area is 114 Å². The van der Waals surface area contributed by atoms with Gasteiger partial charge < -0.3 is 5.32 Å². The Balaban J connectivity index is 2.88. The summed E-state index contributed by atoms with van der Waals surface area (Å²) in [5, 5.41) is 2.59. The minimum atomic E-state index is -0.838. The zero-order valence-corrected chi connectivity index (χ0v) is 12.1. The second-order valence-electron chi connectivity index (χ2n) is 4.44. The number of carbonyl (C=O) groups is 1. The van der Waals surface area contributed by atoms with E-state index >= 15 is 0 Å². The van der Waals surface area contributed by atoms with Gasteiger partial charge in [0, 0.05) is 10.9 Å². The topological polar surface area (TPSA) is 29.1 Å². The fraction of sp³-hybridized carbons (Fsp3) is 0.462. The molecule has 0 aliphatic heterocycles. The van der Waals surface area contributed by atoms with Gasteiger partial charge in [0.2, 0.25) is 0 Å². The first-order valence-corrected chi connectivity index (χ1v) is 6.64. The summed E-state index contributed by atoms with van der Waals surface area (Å²) >= 11 is 3.36. The van der Waals surface area contributed by atoms with E-state index in [2.05, 4.69) is 21.2 Å². The highest BCUT2D eigenvalue weighted by Crippen LogP contribution is 2.17. The molecule has 0 aliphatic rings. The van der Waals surface area contributed by atoms with Crippen molar-refractivity contribution in [2.24, 2.45) is 0 Å². The van der Waals surface area contributed by atoms with Crippen molar-refractivity contribution >= 4 is 21.8 Å². The fourth-order valence-corrected chi connectivity index (χ4v) is 2.27. The number of aryl methyl sites for hydroxylation is 1. The molecular formula is C13H16BrF2NO. The molecule has 5 heteroatoms. The SMILES string of the molecule is Cc1ccc(F)c(C(=O)NC(C)CC(C)Br)c1F. The first-order chi connectivity index (χ1) is 8.32.